The molecule has 3 rings (SSSR count). The van der Waals surface area contributed by atoms with E-state index >= 15 is 0 Å². The maximum absolute atomic E-state index is 5.22. The summed E-state index contributed by atoms with van der Waals surface area (Å²) in [6, 6.07) is 3.77. The minimum atomic E-state index is 0.482. The molecule has 0 unspecified atom stereocenters. The van der Waals surface area contributed by atoms with Gasteiger partial charge in [-0.25, -0.2) is 9.97 Å². The van der Waals surface area contributed by atoms with Gasteiger partial charge >= 0.3 is 0 Å². The lowest BCUT2D eigenvalue weighted by molar-refractivity contribution is 0.425. The summed E-state index contributed by atoms with van der Waals surface area (Å²) in [6.45, 7) is 4.69. The Morgan fingerprint density at radius 1 is 1.32 bits per heavy atom. The molecule has 0 bridgehead atoms. The largest absolute Gasteiger partial charge is 0.369 e. The summed E-state index contributed by atoms with van der Waals surface area (Å²) in [7, 11) is 0. The first-order chi connectivity index (χ1) is 10.8. The standard InChI is InChI=1S/C15H17N5OS/c1-3-11-9-18-13(22-11)6-8-17-14-12(5-4-7-16-14)15-19-10(2)20-21-15/h4-5,7,9H,3,6,8H2,1-2H3,(H,16,17). The fourth-order valence-electron chi connectivity index (χ4n) is 2.04. The molecular weight excluding hydrogens is 298 g/mol. The molecular formula is C15H17N5OS. The lowest BCUT2D eigenvalue weighted by Crippen LogP contribution is -2.07. The summed E-state index contributed by atoms with van der Waals surface area (Å²) < 4.78 is 5.22. The molecule has 22 heavy (non-hydrogen) atoms. The van der Waals surface area contributed by atoms with E-state index in [0.717, 1.165) is 35.8 Å². The molecule has 0 atom stereocenters. The van der Waals surface area contributed by atoms with Crippen molar-refractivity contribution in [1.29, 1.82) is 0 Å². The smallest absolute Gasteiger partial charge is 0.261 e. The SMILES string of the molecule is CCc1cnc(CCNc2ncccc2-c2nc(C)no2)s1. The minimum absolute atomic E-state index is 0.482. The first-order valence-electron chi connectivity index (χ1n) is 7.19. The Hall–Kier alpha value is -2.28. The van der Waals surface area contributed by atoms with Crippen molar-refractivity contribution in [2.45, 2.75) is 26.7 Å². The molecule has 0 radical (unpaired) electrons. The molecule has 6 nitrogen and oxygen atoms in total. The van der Waals surface area contributed by atoms with E-state index in [9.17, 15) is 0 Å². The Morgan fingerprint density at radius 3 is 2.95 bits per heavy atom. The molecule has 0 amide bonds. The molecule has 7 heteroatoms. The highest BCUT2D eigenvalue weighted by atomic mass is 32.1. The molecule has 3 aromatic rings. The highest BCUT2D eigenvalue weighted by Crippen LogP contribution is 2.24. The zero-order chi connectivity index (χ0) is 15.4. The number of pyridine rings is 1. The number of thiazole rings is 1. The summed E-state index contributed by atoms with van der Waals surface area (Å²) in [4.78, 5) is 14.3. The zero-order valence-electron chi connectivity index (χ0n) is 12.5. The Morgan fingerprint density at radius 2 is 2.23 bits per heavy atom. The molecule has 1 N–H and O–H groups in total. The third-order valence-corrected chi connectivity index (χ3v) is 4.35. The quantitative estimate of drug-likeness (QED) is 0.753. The van der Waals surface area contributed by atoms with Crippen LogP contribution in [0.25, 0.3) is 11.5 Å². The molecule has 0 aliphatic rings. The number of hydrogen-bond acceptors (Lipinski definition) is 7. The summed E-state index contributed by atoms with van der Waals surface area (Å²) in [5.41, 5.74) is 0.816. The molecule has 0 aliphatic carbocycles. The number of rotatable bonds is 6. The van der Waals surface area contributed by atoms with Gasteiger partial charge in [0.15, 0.2) is 5.82 Å². The molecule has 3 heterocycles. The van der Waals surface area contributed by atoms with Gasteiger partial charge in [0, 0.05) is 30.2 Å². The predicted molar refractivity (Wildman–Crippen MR) is 86.0 cm³/mol. The lowest BCUT2D eigenvalue weighted by atomic mass is 10.2. The van der Waals surface area contributed by atoms with E-state index in [4.69, 9.17) is 4.52 Å². The predicted octanol–water partition coefficient (Wildman–Crippen LogP) is 3.11. The maximum atomic E-state index is 5.22. The van der Waals surface area contributed by atoms with Crippen molar-refractivity contribution < 1.29 is 4.52 Å². The Labute approximate surface area is 132 Å². The van der Waals surface area contributed by atoms with Crippen molar-refractivity contribution in [1.82, 2.24) is 20.1 Å². The number of nitrogens with zero attached hydrogens (tertiary/aromatic N) is 4. The lowest BCUT2D eigenvalue weighted by Gasteiger charge is -2.07. The first kappa shape index (κ1) is 14.6. The zero-order valence-corrected chi connectivity index (χ0v) is 13.4. The van der Waals surface area contributed by atoms with Gasteiger partial charge in [-0.15, -0.1) is 11.3 Å². The van der Waals surface area contributed by atoms with Crippen molar-refractivity contribution in [3.63, 3.8) is 0 Å². The molecule has 0 saturated heterocycles. The van der Waals surface area contributed by atoms with Gasteiger partial charge in [-0.05, 0) is 25.5 Å². The van der Waals surface area contributed by atoms with E-state index in [-0.39, 0.29) is 0 Å². The van der Waals surface area contributed by atoms with Crippen molar-refractivity contribution in [3.05, 3.63) is 40.2 Å². The highest BCUT2D eigenvalue weighted by molar-refractivity contribution is 7.11. The summed E-state index contributed by atoms with van der Waals surface area (Å²) in [6.07, 6.45) is 5.59. The van der Waals surface area contributed by atoms with Gasteiger partial charge in [0.05, 0.1) is 10.6 Å². The number of nitrogens with one attached hydrogen (secondary N) is 1. The van der Waals surface area contributed by atoms with Gasteiger partial charge in [0.2, 0.25) is 0 Å². The normalized spacial score (nSPS) is 10.8. The van der Waals surface area contributed by atoms with Crippen LogP contribution in [0.3, 0.4) is 0 Å². The van der Waals surface area contributed by atoms with Crippen LogP contribution in [0, 0.1) is 6.92 Å². The van der Waals surface area contributed by atoms with Crippen molar-refractivity contribution in [3.8, 4) is 11.5 Å². The molecule has 0 spiro atoms. The van der Waals surface area contributed by atoms with E-state index in [0.29, 0.717) is 11.7 Å². The van der Waals surface area contributed by atoms with E-state index in [1.165, 1.54) is 4.88 Å². The Bertz CT molecular complexity index is 752. The monoisotopic (exact) mass is 315 g/mol. The van der Waals surface area contributed by atoms with Gasteiger partial charge in [0.25, 0.3) is 5.89 Å². The molecule has 0 aromatic carbocycles. The number of aromatic nitrogens is 4. The Balaban J connectivity index is 1.67. The summed E-state index contributed by atoms with van der Waals surface area (Å²) in [5.74, 6) is 1.84. The summed E-state index contributed by atoms with van der Waals surface area (Å²) in [5, 5.41) is 8.28. The fourth-order valence-corrected chi connectivity index (χ4v) is 2.90. The third-order valence-electron chi connectivity index (χ3n) is 3.15. The van der Waals surface area contributed by atoms with E-state index < -0.39 is 0 Å². The van der Waals surface area contributed by atoms with Gasteiger partial charge < -0.3 is 9.84 Å². The van der Waals surface area contributed by atoms with Crippen molar-refractivity contribution in [2.75, 3.05) is 11.9 Å². The second kappa shape index (κ2) is 6.65. The van der Waals surface area contributed by atoms with Crippen LogP contribution >= 0.6 is 11.3 Å². The molecule has 0 saturated carbocycles. The molecule has 114 valence electrons. The second-order valence-corrected chi connectivity index (χ2v) is 6.00. The first-order valence-corrected chi connectivity index (χ1v) is 8.01. The topological polar surface area (TPSA) is 76.7 Å². The van der Waals surface area contributed by atoms with Gasteiger partial charge in [-0.1, -0.05) is 12.1 Å². The average molecular weight is 315 g/mol. The molecule has 0 fully saturated rings. The van der Waals surface area contributed by atoms with Crippen LogP contribution in [-0.2, 0) is 12.8 Å². The maximum Gasteiger partial charge on any atom is 0.261 e. The highest BCUT2D eigenvalue weighted by Gasteiger charge is 2.12. The van der Waals surface area contributed by atoms with Gasteiger partial charge in [-0.3, -0.25) is 0 Å². The number of hydrogen-bond donors (Lipinski definition) is 1. The van der Waals surface area contributed by atoms with Crippen LogP contribution in [0.15, 0.2) is 29.0 Å². The fraction of sp³-hybridized carbons (Fsp3) is 0.333. The number of anilines is 1. The second-order valence-electron chi connectivity index (χ2n) is 4.80. The average Bonchev–Trinajstić information content (AvgIpc) is 3.17. The van der Waals surface area contributed by atoms with Crippen LogP contribution in [-0.4, -0.2) is 26.7 Å². The van der Waals surface area contributed by atoms with E-state index in [1.807, 2.05) is 18.3 Å². The van der Waals surface area contributed by atoms with Gasteiger partial charge in [0.1, 0.15) is 5.82 Å². The van der Waals surface area contributed by atoms with Crippen LogP contribution < -0.4 is 5.32 Å². The minimum Gasteiger partial charge on any atom is -0.369 e. The van der Waals surface area contributed by atoms with Crippen LogP contribution in [0.4, 0.5) is 5.82 Å². The van der Waals surface area contributed by atoms with Gasteiger partial charge in [-0.2, -0.15) is 4.98 Å². The third kappa shape index (κ3) is 3.30. The molecule has 3 aromatic heterocycles. The van der Waals surface area contributed by atoms with Crippen LogP contribution in [0.2, 0.25) is 0 Å². The van der Waals surface area contributed by atoms with E-state index in [2.05, 4.69) is 32.3 Å². The van der Waals surface area contributed by atoms with Crippen molar-refractivity contribution >= 4 is 17.2 Å². The molecule has 0 aliphatic heterocycles. The van der Waals surface area contributed by atoms with Crippen LogP contribution in [0.1, 0.15) is 22.6 Å². The van der Waals surface area contributed by atoms with Crippen molar-refractivity contribution in [2.24, 2.45) is 0 Å². The van der Waals surface area contributed by atoms with Crippen LogP contribution in [0.5, 0.6) is 0 Å². The number of aryl methyl sites for hydroxylation is 2. The Kier molecular flexibility index (Phi) is 4.43. The summed E-state index contributed by atoms with van der Waals surface area (Å²) >= 11 is 1.76. The van der Waals surface area contributed by atoms with E-state index in [1.54, 1.807) is 24.5 Å².